The van der Waals surface area contributed by atoms with Gasteiger partial charge in [-0.2, -0.15) is 0 Å². The Hall–Kier alpha value is 0.490. The third-order valence-corrected chi connectivity index (χ3v) is 3.43. The van der Waals surface area contributed by atoms with Gasteiger partial charge in [0.25, 0.3) is 0 Å². The molecule has 3 N–H and O–H groups in total. The number of hydrogen-bond donors (Lipinski definition) is 2. The predicted molar refractivity (Wildman–Crippen MR) is 52.3 cm³/mol. The molecule has 0 aromatic carbocycles. The quantitative estimate of drug-likeness (QED) is 0.640. The van der Waals surface area contributed by atoms with E-state index < -0.39 is 9.73 Å². The highest BCUT2D eigenvalue weighted by Gasteiger charge is 2.17. The van der Waals surface area contributed by atoms with E-state index in [1.54, 1.807) is 0 Å². The van der Waals surface area contributed by atoms with Crippen molar-refractivity contribution in [2.75, 3.05) is 11.5 Å². The van der Waals surface area contributed by atoms with E-state index in [1.165, 1.54) is 0 Å². The van der Waals surface area contributed by atoms with Crippen molar-refractivity contribution in [1.82, 2.24) is 0 Å². The Morgan fingerprint density at radius 1 is 1.27 bits per heavy atom. The van der Waals surface area contributed by atoms with Crippen LogP contribution in [0.15, 0.2) is 0 Å². The second-order valence-electron chi connectivity index (χ2n) is 2.56. The molecule has 0 bridgehead atoms. The molecule has 11 heavy (non-hydrogen) atoms. The third kappa shape index (κ3) is 4.85. The van der Waals surface area contributed by atoms with Crippen molar-refractivity contribution in [2.24, 2.45) is 5.73 Å². The van der Waals surface area contributed by atoms with Crippen molar-refractivity contribution in [2.45, 2.75) is 18.9 Å². The van der Waals surface area contributed by atoms with Crippen LogP contribution in [0.25, 0.3) is 0 Å². The van der Waals surface area contributed by atoms with Gasteiger partial charge in [0.2, 0.25) is 0 Å². The molecule has 1 fully saturated rings. The zero-order chi connectivity index (χ0) is 6.91. The Bertz CT molecular complexity index is 179. The lowest BCUT2D eigenvalue weighted by Gasteiger charge is -2.18. The van der Waals surface area contributed by atoms with Crippen LogP contribution in [-0.2, 0) is 9.73 Å². The number of hydrogen-bond acceptors (Lipinski definition) is 3. The molecule has 0 aliphatic carbocycles. The fourth-order valence-electron chi connectivity index (χ4n) is 0.930. The molecule has 0 atom stereocenters. The van der Waals surface area contributed by atoms with Crippen LogP contribution >= 0.6 is 24.8 Å². The van der Waals surface area contributed by atoms with Crippen LogP contribution in [0.2, 0.25) is 0 Å². The van der Waals surface area contributed by atoms with Crippen molar-refractivity contribution in [3.63, 3.8) is 0 Å². The van der Waals surface area contributed by atoms with Gasteiger partial charge < -0.3 is 5.73 Å². The van der Waals surface area contributed by atoms with Gasteiger partial charge in [-0.05, 0) is 12.8 Å². The second kappa shape index (κ2) is 5.19. The van der Waals surface area contributed by atoms with Crippen LogP contribution in [-0.4, -0.2) is 21.8 Å². The zero-order valence-electron chi connectivity index (χ0n) is 6.12. The number of nitrogens with one attached hydrogen (secondary N) is 1. The summed E-state index contributed by atoms with van der Waals surface area (Å²) in [5.74, 6) is 1.02. The molecule has 0 unspecified atom stereocenters. The van der Waals surface area contributed by atoms with Crippen molar-refractivity contribution >= 4 is 34.5 Å². The minimum Gasteiger partial charge on any atom is -0.328 e. The summed E-state index contributed by atoms with van der Waals surface area (Å²) in [6.45, 7) is 0. The van der Waals surface area contributed by atoms with Crippen molar-refractivity contribution in [1.29, 1.82) is 4.78 Å². The molecule has 1 aliphatic rings. The molecule has 0 spiro atoms. The first-order valence-electron chi connectivity index (χ1n) is 3.10. The van der Waals surface area contributed by atoms with Crippen molar-refractivity contribution in [3.05, 3.63) is 0 Å². The fraction of sp³-hybridized carbons (Fsp3) is 1.00. The number of nitrogens with two attached hydrogens (primary N) is 1. The van der Waals surface area contributed by atoms with E-state index in [1.807, 2.05) is 0 Å². The maximum atomic E-state index is 11.0. The van der Waals surface area contributed by atoms with Gasteiger partial charge in [-0.25, -0.2) is 4.21 Å². The first-order chi connectivity index (χ1) is 4.10. The number of rotatable bonds is 0. The summed E-state index contributed by atoms with van der Waals surface area (Å²) in [5.41, 5.74) is 5.55. The van der Waals surface area contributed by atoms with Gasteiger partial charge in [-0.3, -0.25) is 4.78 Å². The second-order valence-corrected chi connectivity index (χ2v) is 5.00. The molecule has 0 aromatic rings. The topological polar surface area (TPSA) is 66.9 Å². The molecule has 0 aromatic heterocycles. The molecule has 0 amide bonds. The van der Waals surface area contributed by atoms with Crippen LogP contribution in [0, 0.1) is 4.78 Å². The highest BCUT2D eigenvalue weighted by Crippen LogP contribution is 2.09. The average molecular weight is 221 g/mol. The molecule has 6 heteroatoms. The molecule has 3 nitrogen and oxygen atoms in total. The molecule has 0 saturated carbocycles. The van der Waals surface area contributed by atoms with E-state index in [0.717, 1.165) is 12.8 Å². The van der Waals surface area contributed by atoms with E-state index in [9.17, 15) is 4.21 Å². The summed E-state index contributed by atoms with van der Waals surface area (Å²) in [7, 11) is -2.20. The van der Waals surface area contributed by atoms with E-state index in [4.69, 9.17) is 10.5 Å². The van der Waals surface area contributed by atoms with E-state index >= 15 is 0 Å². The van der Waals surface area contributed by atoms with Crippen LogP contribution in [0.5, 0.6) is 0 Å². The standard InChI is InChI=1S/C5H12N2OS.2ClH/c6-5-1-3-9(7,8)4-2-5;;/h5,7H,1-4,6H2;2*1H. The van der Waals surface area contributed by atoms with Crippen LogP contribution in [0.3, 0.4) is 0 Å². The molecule has 0 radical (unpaired) electrons. The van der Waals surface area contributed by atoms with Gasteiger partial charge >= 0.3 is 0 Å². The Labute approximate surface area is 79.9 Å². The number of halogens is 2. The Morgan fingerprint density at radius 2 is 1.64 bits per heavy atom. The fourth-order valence-corrected chi connectivity index (χ4v) is 2.50. The summed E-state index contributed by atoms with van der Waals surface area (Å²) in [6.07, 6.45) is 1.53. The first kappa shape index (κ1) is 14.0. The smallest absolute Gasteiger partial charge is 0.0442 e. The molecular weight excluding hydrogens is 207 g/mol. The Morgan fingerprint density at radius 3 is 1.91 bits per heavy atom. The first-order valence-corrected chi connectivity index (χ1v) is 4.99. The lowest BCUT2D eigenvalue weighted by Crippen LogP contribution is -2.31. The van der Waals surface area contributed by atoms with Crippen LogP contribution in [0.4, 0.5) is 0 Å². The predicted octanol–water partition coefficient (Wildman–Crippen LogP) is 0.998. The summed E-state index contributed by atoms with van der Waals surface area (Å²) in [4.78, 5) is 0. The molecule has 1 aliphatic heterocycles. The normalized spacial score (nSPS) is 36.6. The van der Waals surface area contributed by atoms with E-state index in [2.05, 4.69) is 0 Å². The molecule has 1 saturated heterocycles. The molecular formula is C5H14Cl2N2OS. The lowest BCUT2D eigenvalue weighted by molar-refractivity contribution is 0.591. The minimum absolute atomic E-state index is 0. The van der Waals surface area contributed by atoms with Gasteiger partial charge in [0.15, 0.2) is 0 Å². The van der Waals surface area contributed by atoms with Crippen molar-refractivity contribution in [3.8, 4) is 0 Å². The molecule has 1 rings (SSSR count). The zero-order valence-corrected chi connectivity index (χ0v) is 8.57. The monoisotopic (exact) mass is 220 g/mol. The SMILES string of the molecule is Cl.Cl.N=S1(=O)CCC(N)CC1. The highest BCUT2D eigenvalue weighted by molar-refractivity contribution is 7.92. The van der Waals surface area contributed by atoms with E-state index in [-0.39, 0.29) is 30.9 Å². The minimum atomic E-state index is -2.20. The average Bonchev–Trinajstić information content (AvgIpc) is 1.78. The van der Waals surface area contributed by atoms with Gasteiger partial charge in [-0.1, -0.05) is 0 Å². The summed E-state index contributed by atoms with van der Waals surface area (Å²) >= 11 is 0. The van der Waals surface area contributed by atoms with Gasteiger partial charge in [0.05, 0.1) is 0 Å². The van der Waals surface area contributed by atoms with Crippen LogP contribution < -0.4 is 5.73 Å². The summed E-state index contributed by atoms with van der Waals surface area (Å²) < 4.78 is 18.2. The Balaban J connectivity index is 0. The van der Waals surface area contributed by atoms with Gasteiger partial charge in [0.1, 0.15) is 0 Å². The van der Waals surface area contributed by atoms with Gasteiger partial charge in [0, 0.05) is 27.3 Å². The van der Waals surface area contributed by atoms with Crippen molar-refractivity contribution < 1.29 is 4.21 Å². The highest BCUT2D eigenvalue weighted by atomic mass is 35.5. The maximum Gasteiger partial charge on any atom is 0.0442 e. The summed E-state index contributed by atoms with van der Waals surface area (Å²) in [6, 6.07) is 0.199. The maximum absolute atomic E-state index is 11.0. The molecule has 70 valence electrons. The third-order valence-electron chi connectivity index (χ3n) is 1.64. The Kier molecular flexibility index (Phi) is 6.63. The molecule has 1 heterocycles. The van der Waals surface area contributed by atoms with Gasteiger partial charge in [-0.15, -0.1) is 24.8 Å². The largest absolute Gasteiger partial charge is 0.328 e. The lowest BCUT2D eigenvalue weighted by atomic mass is 10.2. The summed E-state index contributed by atoms with van der Waals surface area (Å²) in [5, 5.41) is 0. The van der Waals surface area contributed by atoms with Crippen LogP contribution in [0.1, 0.15) is 12.8 Å². The van der Waals surface area contributed by atoms with E-state index in [0.29, 0.717) is 11.5 Å².